The molecule has 0 radical (unpaired) electrons. The van der Waals surface area contributed by atoms with Gasteiger partial charge >= 0.3 is 15.1 Å². The summed E-state index contributed by atoms with van der Waals surface area (Å²) in [5, 5.41) is -0.148. The van der Waals surface area contributed by atoms with E-state index < -0.39 is 10.1 Å². The van der Waals surface area contributed by atoms with E-state index in [-0.39, 0.29) is 5.03 Å². The third-order valence-corrected chi connectivity index (χ3v) is 2.56. The Morgan fingerprint density at radius 2 is 2.23 bits per heavy atom. The van der Waals surface area contributed by atoms with Gasteiger partial charge in [0, 0.05) is 12.1 Å². The van der Waals surface area contributed by atoms with Crippen molar-refractivity contribution in [1.82, 2.24) is 0 Å². The van der Waals surface area contributed by atoms with Gasteiger partial charge in [0.2, 0.25) is 0 Å². The van der Waals surface area contributed by atoms with E-state index in [9.17, 15) is 8.42 Å². The predicted molar refractivity (Wildman–Crippen MR) is 47.5 cm³/mol. The van der Waals surface area contributed by atoms with E-state index in [2.05, 4.69) is 6.58 Å². The Kier molecular flexibility index (Phi) is 2.49. The van der Waals surface area contributed by atoms with Crippen LogP contribution in [0.15, 0.2) is 29.9 Å². The molecule has 13 heavy (non-hydrogen) atoms. The number of aryl methyl sites for hydroxylation is 1. The minimum atomic E-state index is -4.15. The summed E-state index contributed by atoms with van der Waals surface area (Å²) in [5.74, 6) is 0. The molecule has 0 atom stereocenters. The van der Waals surface area contributed by atoms with Crippen molar-refractivity contribution in [2.24, 2.45) is 7.05 Å². The Balaban J connectivity index is 3.44. The molecule has 0 saturated heterocycles. The number of pyridine rings is 1. The van der Waals surface area contributed by atoms with Crippen molar-refractivity contribution in [3.63, 3.8) is 0 Å². The quantitative estimate of drug-likeness (QED) is 0.555. The lowest BCUT2D eigenvalue weighted by molar-refractivity contribution is -0.710. The number of hydrogen-bond donors (Lipinski definition) is 1. The summed E-state index contributed by atoms with van der Waals surface area (Å²) in [6.45, 7) is 3.50. The van der Waals surface area contributed by atoms with E-state index in [1.54, 1.807) is 12.3 Å². The summed E-state index contributed by atoms with van der Waals surface area (Å²) in [6.07, 6.45) is 3.05. The van der Waals surface area contributed by atoms with Gasteiger partial charge in [0.1, 0.15) is 7.05 Å². The molecule has 1 N–H and O–H groups in total. The lowest BCUT2D eigenvalue weighted by Crippen LogP contribution is -2.34. The Hall–Kier alpha value is -1.20. The highest BCUT2D eigenvalue weighted by atomic mass is 32.2. The van der Waals surface area contributed by atoms with Crippen molar-refractivity contribution >= 4 is 16.2 Å². The van der Waals surface area contributed by atoms with Crippen LogP contribution in [-0.2, 0) is 17.2 Å². The number of hydrogen-bond acceptors (Lipinski definition) is 2. The van der Waals surface area contributed by atoms with Crippen molar-refractivity contribution in [3.8, 4) is 0 Å². The first-order valence-electron chi connectivity index (χ1n) is 3.55. The monoisotopic (exact) mass is 200 g/mol. The molecule has 0 fully saturated rings. The summed E-state index contributed by atoms with van der Waals surface area (Å²) in [7, 11) is -2.61. The topological polar surface area (TPSA) is 58.2 Å². The largest absolute Gasteiger partial charge is 0.355 e. The van der Waals surface area contributed by atoms with Crippen LogP contribution in [0.5, 0.6) is 0 Å². The molecule has 1 rings (SSSR count). The zero-order chi connectivity index (χ0) is 10.1. The van der Waals surface area contributed by atoms with Crippen LogP contribution in [0.25, 0.3) is 6.08 Å². The second-order valence-electron chi connectivity index (χ2n) is 2.59. The highest BCUT2D eigenvalue weighted by Gasteiger charge is 2.20. The zero-order valence-electron chi connectivity index (χ0n) is 7.14. The van der Waals surface area contributed by atoms with E-state index >= 15 is 0 Å². The van der Waals surface area contributed by atoms with Crippen LogP contribution in [0.2, 0.25) is 0 Å². The molecule has 0 bridgehead atoms. The molecule has 70 valence electrons. The highest BCUT2D eigenvalue weighted by Crippen LogP contribution is 2.06. The third kappa shape index (κ3) is 2.13. The molecule has 1 heterocycles. The third-order valence-electron chi connectivity index (χ3n) is 1.63. The van der Waals surface area contributed by atoms with Crippen molar-refractivity contribution in [2.75, 3.05) is 0 Å². The van der Waals surface area contributed by atoms with E-state index in [1.165, 1.54) is 23.8 Å². The van der Waals surface area contributed by atoms with E-state index in [0.717, 1.165) is 0 Å². The molecular weight excluding hydrogens is 190 g/mol. The number of rotatable bonds is 2. The van der Waals surface area contributed by atoms with Crippen LogP contribution >= 0.6 is 0 Å². The van der Waals surface area contributed by atoms with Gasteiger partial charge in [0.15, 0.2) is 6.20 Å². The van der Waals surface area contributed by atoms with Gasteiger partial charge in [-0.2, -0.15) is 13.0 Å². The number of aromatic nitrogens is 1. The molecule has 0 saturated carbocycles. The second kappa shape index (κ2) is 3.27. The van der Waals surface area contributed by atoms with Gasteiger partial charge in [0.05, 0.1) is 0 Å². The second-order valence-corrected chi connectivity index (χ2v) is 3.96. The molecule has 4 nitrogen and oxygen atoms in total. The van der Waals surface area contributed by atoms with Gasteiger partial charge in [-0.15, -0.1) is 0 Å². The van der Waals surface area contributed by atoms with E-state index in [1.807, 2.05) is 0 Å². The average Bonchev–Trinajstić information content (AvgIpc) is 2.03. The number of nitrogens with zero attached hydrogens (tertiary/aromatic N) is 1. The SMILES string of the molecule is C=Cc1cc[n+](C)c(S(=O)(=O)O)c1. The van der Waals surface area contributed by atoms with Gasteiger partial charge in [0.25, 0.3) is 0 Å². The highest BCUT2D eigenvalue weighted by molar-refractivity contribution is 7.85. The minimum absolute atomic E-state index is 0.148. The molecule has 0 aliphatic heterocycles. The fourth-order valence-corrected chi connectivity index (χ4v) is 1.66. The molecule has 1 aromatic heterocycles. The molecule has 0 aliphatic carbocycles. The van der Waals surface area contributed by atoms with Crippen molar-refractivity contribution in [2.45, 2.75) is 5.03 Å². The molecule has 5 heteroatoms. The standard InChI is InChI=1S/C8H9NO3S/c1-3-7-4-5-9(2)8(6-7)13(10,11)12/h3-6H,1H2,2H3/p+1. The summed E-state index contributed by atoms with van der Waals surface area (Å²) in [5.41, 5.74) is 0.644. The summed E-state index contributed by atoms with van der Waals surface area (Å²) >= 11 is 0. The Bertz CT molecular complexity index is 437. The fraction of sp³-hybridized carbons (Fsp3) is 0.125. The molecule has 0 aliphatic rings. The van der Waals surface area contributed by atoms with Gasteiger partial charge in [-0.3, -0.25) is 4.55 Å². The average molecular weight is 200 g/mol. The fourth-order valence-electron chi connectivity index (χ4n) is 0.947. The lowest BCUT2D eigenvalue weighted by Gasteiger charge is -1.96. The Morgan fingerprint density at radius 3 is 2.69 bits per heavy atom. The van der Waals surface area contributed by atoms with Gasteiger partial charge in [-0.25, -0.2) is 0 Å². The zero-order valence-corrected chi connectivity index (χ0v) is 7.95. The maximum Gasteiger partial charge on any atom is 0.355 e. The first-order chi connectivity index (χ1) is 5.95. The van der Waals surface area contributed by atoms with E-state index in [4.69, 9.17) is 4.55 Å². The summed E-state index contributed by atoms with van der Waals surface area (Å²) in [6, 6.07) is 3.05. The summed E-state index contributed by atoms with van der Waals surface area (Å²) in [4.78, 5) is 0. The molecule has 1 aromatic rings. The molecule has 0 amide bonds. The van der Waals surface area contributed by atoms with Crippen LogP contribution in [0.3, 0.4) is 0 Å². The molecular formula is C8H10NO3S+. The Morgan fingerprint density at radius 1 is 1.62 bits per heavy atom. The first kappa shape index (κ1) is 9.88. The smallest absolute Gasteiger partial charge is 0.277 e. The van der Waals surface area contributed by atoms with Gasteiger partial charge < -0.3 is 0 Å². The van der Waals surface area contributed by atoms with Crippen molar-refractivity contribution in [1.29, 1.82) is 0 Å². The molecule has 0 aromatic carbocycles. The van der Waals surface area contributed by atoms with Crippen molar-refractivity contribution < 1.29 is 17.5 Å². The van der Waals surface area contributed by atoms with Gasteiger partial charge in [-0.05, 0) is 5.56 Å². The predicted octanol–water partition coefficient (Wildman–Crippen LogP) is 0.401. The molecule has 0 unspecified atom stereocenters. The van der Waals surface area contributed by atoms with Crippen LogP contribution < -0.4 is 4.57 Å². The summed E-state index contributed by atoms with van der Waals surface area (Å²) < 4.78 is 31.8. The maximum atomic E-state index is 10.8. The Labute approximate surface area is 76.9 Å². The maximum absolute atomic E-state index is 10.8. The normalized spacial score (nSPS) is 11.2. The van der Waals surface area contributed by atoms with Crippen LogP contribution in [0.1, 0.15) is 5.56 Å². The van der Waals surface area contributed by atoms with Gasteiger partial charge in [-0.1, -0.05) is 12.7 Å². The lowest BCUT2D eigenvalue weighted by atomic mass is 10.3. The van der Waals surface area contributed by atoms with Crippen LogP contribution in [0, 0.1) is 0 Å². The minimum Gasteiger partial charge on any atom is -0.277 e. The van der Waals surface area contributed by atoms with E-state index in [0.29, 0.717) is 5.56 Å². The van der Waals surface area contributed by atoms with Crippen molar-refractivity contribution in [3.05, 3.63) is 30.5 Å². The first-order valence-corrected chi connectivity index (χ1v) is 4.99. The van der Waals surface area contributed by atoms with Crippen LogP contribution in [0.4, 0.5) is 0 Å². The molecule has 0 spiro atoms. The van der Waals surface area contributed by atoms with Crippen LogP contribution in [-0.4, -0.2) is 13.0 Å².